The number of hydrogen-bond acceptors (Lipinski definition) is 3. The van der Waals surface area contributed by atoms with E-state index in [0.717, 1.165) is 23.4 Å². The Hall–Kier alpha value is -2.40. The van der Waals surface area contributed by atoms with Crippen LogP contribution in [0, 0.1) is 6.92 Å². The molecule has 0 unspecified atom stereocenters. The number of amides is 1. The Morgan fingerprint density at radius 3 is 2.65 bits per heavy atom. The van der Waals surface area contributed by atoms with Crippen LogP contribution < -0.4 is 15.4 Å². The molecule has 0 radical (unpaired) electrons. The molecule has 5 heteroatoms. The van der Waals surface area contributed by atoms with Crippen molar-refractivity contribution in [3.05, 3.63) is 59.7 Å². The summed E-state index contributed by atoms with van der Waals surface area (Å²) in [6.45, 7) is 4.84. The van der Waals surface area contributed by atoms with Crippen molar-refractivity contribution in [3.8, 4) is 5.75 Å². The topological polar surface area (TPSA) is 50.4 Å². The highest BCUT2D eigenvalue weighted by molar-refractivity contribution is 7.80. The lowest BCUT2D eigenvalue weighted by Crippen LogP contribution is -2.34. The van der Waals surface area contributed by atoms with Gasteiger partial charge >= 0.3 is 0 Å². The number of rotatable bonds is 8. The summed E-state index contributed by atoms with van der Waals surface area (Å²) in [5.41, 5.74) is 2.39. The smallest absolute Gasteiger partial charge is 0.257 e. The molecule has 1 amide bonds. The first-order valence-corrected chi connectivity index (χ1v) is 9.41. The van der Waals surface area contributed by atoms with Crippen LogP contribution in [0.2, 0.25) is 0 Å². The number of anilines is 1. The number of hydrogen-bond donors (Lipinski definition) is 2. The summed E-state index contributed by atoms with van der Waals surface area (Å²) in [6, 6.07) is 15.0. The van der Waals surface area contributed by atoms with Gasteiger partial charge < -0.3 is 10.1 Å². The van der Waals surface area contributed by atoms with Crippen molar-refractivity contribution in [1.82, 2.24) is 5.32 Å². The van der Waals surface area contributed by atoms with E-state index >= 15 is 0 Å². The van der Waals surface area contributed by atoms with Gasteiger partial charge in [-0.15, -0.1) is 0 Å². The molecule has 2 N–H and O–H groups in total. The van der Waals surface area contributed by atoms with Crippen LogP contribution in [0.25, 0.3) is 0 Å². The standard InChI is InChI=1S/C21H26N2O2S/c1-3-4-5-6-13-25-19-12-8-11-18(15-19)22-21(26)23-20(24)17-10-7-9-16(2)14-17/h7-12,14-15H,3-6,13H2,1-2H3,(H2,22,23,24,26). The van der Waals surface area contributed by atoms with Crippen molar-refractivity contribution in [2.24, 2.45) is 0 Å². The second-order valence-electron chi connectivity index (χ2n) is 6.21. The fraction of sp³-hybridized carbons (Fsp3) is 0.333. The Bertz CT molecular complexity index is 746. The van der Waals surface area contributed by atoms with Gasteiger partial charge in [0.05, 0.1) is 6.61 Å². The van der Waals surface area contributed by atoms with Gasteiger partial charge in [0.15, 0.2) is 5.11 Å². The van der Waals surface area contributed by atoms with Crippen molar-refractivity contribution in [1.29, 1.82) is 0 Å². The first-order valence-electron chi connectivity index (χ1n) is 9.00. The summed E-state index contributed by atoms with van der Waals surface area (Å²) >= 11 is 5.24. The zero-order valence-corrected chi connectivity index (χ0v) is 16.2. The van der Waals surface area contributed by atoms with Gasteiger partial charge in [0, 0.05) is 17.3 Å². The number of carbonyl (C=O) groups excluding carboxylic acids is 1. The van der Waals surface area contributed by atoms with Gasteiger partial charge in [-0.25, -0.2) is 0 Å². The molecule has 138 valence electrons. The second kappa shape index (κ2) is 10.6. The Labute approximate surface area is 161 Å². The van der Waals surface area contributed by atoms with E-state index in [9.17, 15) is 4.79 Å². The highest BCUT2D eigenvalue weighted by Gasteiger charge is 2.08. The van der Waals surface area contributed by atoms with E-state index in [1.807, 2.05) is 49.4 Å². The lowest BCUT2D eigenvalue weighted by Gasteiger charge is -2.12. The predicted molar refractivity (Wildman–Crippen MR) is 111 cm³/mol. The van der Waals surface area contributed by atoms with E-state index in [1.54, 1.807) is 6.07 Å². The molecular weight excluding hydrogens is 344 g/mol. The molecule has 0 aliphatic heterocycles. The van der Waals surface area contributed by atoms with E-state index < -0.39 is 0 Å². The first-order chi connectivity index (χ1) is 12.6. The van der Waals surface area contributed by atoms with Crippen LogP contribution in [0.5, 0.6) is 5.75 Å². The predicted octanol–water partition coefficient (Wildman–Crippen LogP) is 5.08. The third kappa shape index (κ3) is 6.84. The Kier molecular flexibility index (Phi) is 8.09. The van der Waals surface area contributed by atoms with Gasteiger partial charge in [0.1, 0.15) is 5.75 Å². The molecule has 0 fully saturated rings. The van der Waals surface area contributed by atoms with Crippen LogP contribution in [0.4, 0.5) is 5.69 Å². The zero-order chi connectivity index (χ0) is 18.8. The second-order valence-corrected chi connectivity index (χ2v) is 6.62. The summed E-state index contributed by atoms with van der Waals surface area (Å²) in [6.07, 6.45) is 4.69. The maximum absolute atomic E-state index is 12.2. The van der Waals surface area contributed by atoms with Gasteiger partial charge in [-0.1, -0.05) is 49.9 Å². The maximum atomic E-state index is 12.2. The van der Waals surface area contributed by atoms with Gasteiger partial charge in [-0.3, -0.25) is 10.1 Å². The van der Waals surface area contributed by atoms with Gasteiger partial charge in [0.2, 0.25) is 0 Å². The third-order valence-corrected chi connectivity index (χ3v) is 4.07. The molecule has 0 atom stereocenters. The molecule has 0 aliphatic carbocycles. The van der Waals surface area contributed by atoms with Crippen LogP contribution in [0.3, 0.4) is 0 Å². The molecule has 2 aromatic carbocycles. The number of benzene rings is 2. The summed E-state index contributed by atoms with van der Waals surface area (Å²) in [4.78, 5) is 12.2. The molecule has 0 bridgehead atoms. The summed E-state index contributed by atoms with van der Waals surface area (Å²) < 4.78 is 5.77. The fourth-order valence-corrected chi connectivity index (χ4v) is 2.72. The largest absolute Gasteiger partial charge is 0.494 e. The number of ether oxygens (including phenoxy) is 1. The number of nitrogens with one attached hydrogen (secondary N) is 2. The Balaban J connectivity index is 1.84. The SMILES string of the molecule is CCCCCCOc1cccc(NC(=S)NC(=O)c2cccc(C)c2)c1. The highest BCUT2D eigenvalue weighted by Crippen LogP contribution is 2.18. The van der Waals surface area contributed by atoms with Crippen LogP contribution in [0.15, 0.2) is 48.5 Å². The minimum Gasteiger partial charge on any atom is -0.494 e. The lowest BCUT2D eigenvalue weighted by molar-refractivity contribution is 0.0977. The van der Waals surface area contributed by atoms with Crippen molar-refractivity contribution in [3.63, 3.8) is 0 Å². The van der Waals surface area contributed by atoms with E-state index in [0.29, 0.717) is 12.2 Å². The summed E-state index contributed by atoms with van der Waals surface area (Å²) in [5, 5.41) is 5.99. The molecule has 2 rings (SSSR count). The number of unbranched alkanes of at least 4 members (excludes halogenated alkanes) is 3. The van der Waals surface area contributed by atoms with Crippen molar-refractivity contribution in [2.45, 2.75) is 39.5 Å². The number of carbonyl (C=O) groups is 1. The first kappa shape index (κ1) is 19.9. The van der Waals surface area contributed by atoms with Crippen LogP contribution >= 0.6 is 12.2 Å². The summed E-state index contributed by atoms with van der Waals surface area (Å²) in [7, 11) is 0. The minimum absolute atomic E-state index is 0.227. The lowest BCUT2D eigenvalue weighted by atomic mass is 10.1. The van der Waals surface area contributed by atoms with Crippen molar-refractivity contribution < 1.29 is 9.53 Å². The van der Waals surface area contributed by atoms with E-state index in [2.05, 4.69) is 17.6 Å². The number of aryl methyl sites for hydroxylation is 1. The molecule has 0 aromatic heterocycles. The van der Waals surface area contributed by atoms with E-state index in [-0.39, 0.29) is 11.0 Å². The van der Waals surface area contributed by atoms with Gasteiger partial charge in [-0.2, -0.15) is 0 Å². The van der Waals surface area contributed by atoms with Crippen LogP contribution in [-0.2, 0) is 0 Å². The highest BCUT2D eigenvalue weighted by atomic mass is 32.1. The minimum atomic E-state index is -0.227. The molecule has 2 aromatic rings. The molecule has 0 saturated carbocycles. The van der Waals surface area contributed by atoms with Crippen molar-refractivity contribution >= 4 is 28.9 Å². The quantitative estimate of drug-likeness (QED) is 0.502. The molecule has 0 aliphatic rings. The van der Waals surface area contributed by atoms with Gasteiger partial charge in [-0.05, 0) is 49.8 Å². The molecular formula is C21H26N2O2S. The molecule has 26 heavy (non-hydrogen) atoms. The fourth-order valence-electron chi connectivity index (χ4n) is 2.51. The molecule has 0 spiro atoms. The van der Waals surface area contributed by atoms with E-state index in [4.69, 9.17) is 17.0 Å². The molecule has 0 saturated heterocycles. The van der Waals surface area contributed by atoms with E-state index in [1.165, 1.54) is 19.3 Å². The Morgan fingerprint density at radius 2 is 1.88 bits per heavy atom. The molecule has 0 heterocycles. The maximum Gasteiger partial charge on any atom is 0.257 e. The monoisotopic (exact) mass is 370 g/mol. The number of thiocarbonyl (C=S) groups is 1. The van der Waals surface area contributed by atoms with Gasteiger partial charge in [0.25, 0.3) is 5.91 Å². The average molecular weight is 371 g/mol. The van der Waals surface area contributed by atoms with Crippen LogP contribution in [-0.4, -0.2) is 17.6 Å². The van der Waals surface area contributed by atoms with Crippen molar-refractivity contribution in [2.75, 3.05) is 11.9 Å². The third-order valence-electron chi connectivity index (χ3n) is 3.87. The summed E-state index contributed by atoms with van der Waals surface area (Å²) in [5.74, 6) is 0.564. The zero-order valence-electron chi connectivity index (χ0n) is 15.4. The molecule has 4 nitrogen and oxygen atoms in total. The Morgan fingerprint density at radius 1 is 1.08 bits per heavy atom. The average Bonchev–Trinajstić information content (AvgIpc) is 2.61. The van der Waals surface area contributed by atoms with Crippen LogP contribution in [0.1, 0.15) is 48.5 Å². The normalized spacial score (nSPS) is 10.2.